The van der Waals surface area contributed by atoms with E-state index < -0.39 is 11.4 Å². The van der Waals surface area contributed by atoms with Crippen LogP contribution in [0.4, 0.5) is 0 Å². The molecular weight excluding hydrogens is 278 g/mol. The number of amides is 1. The van der Waals surface area contributed by atoms with Gasteiger partial charge in [0.25, 0.3) is 0 Å². The van der Waals surface area contributed by atoms with Gasteiger partial charge in [0.1, 0.15) is 0 Å². The highest BCUT2D eigenvalue weighted by molar-refractivity contribution is 5.85. The van der Waals surface area contributed by atoms with Gasteiger partial charge >= 0.3 is 5.97 Å². The van der Waals surface area contributed by atoms with Gasteiger partial charge in [0.05, 0.1) is 5.41 Å². The smallest absolute Gasteiger partial charge is 0.310 e. The number of hydrogen-bond acceptors (Lipinski definition) is 2. The molecule has 118 valence electrons. The maximum absolute atomic E-state index is 12.5. The number of nitrogens with zero attached hydrogens (tertiary/aromatic N) is 1. The highest BCUT2D eigenvalue weighted by atomic mass is 16.4. The molecule has 1 aliphatic rings. The molecular formula is C18H23NO3. The molecule has 0 aliphatic heterocycles. The highest BCUT2D eigenvalue weighted by Crippen LogP contribution is 2.44. The average molecular weight is 301 g/mol. The topological polar surface area (TPSA) is 57.6 Å². The maximum Gasteiger partial charge on any atom is 0.310 e. The minimum atomic E-state index is -0.839. The van der Waals surface area contributed by atoms with Crippen molar-refractivity contribution in [3.8, 4) is 0 Å². The number of carboxylic acids is 1. The summed E-state index contributed by atoms with van der Waals surface area (Å²) in [7, 11) is 0. The molecule has 1 aromatic carbocycles. The van der Waals surface area contributed by atoms with E-state index in [0.717, 1.165) is 12.8 Å². The molecule has 0 atom stereocenters. The van der Waals surface area contributed by atoms with Crippen molar-refractivity contribution in [2.75, 3.05) is 13.1 Å². The van der Waals surface area contributed by atoms with Crippen molar-refractivity contribution < 1.29 is 14.7 Å². The van der Waals surface area contributed by atoms with E-state index in [1.165, 1.54) is 5.56 Å². The molecule has 0 heterocycles. The van der Waals surface area contributed by atoms with Gasteiger partial charge in [-0.1, -0.05) is 42.8 Å². The van der Waals surface area contributed by atoms with E-state index in [0.29, 0.717) is 25.9 Å². The summed E-state index contributed by atoms with van der Waals surface area (Å²) in [5, 5.41) is 9.36. The molecule has 1 N–H and O–H groups in total. The second kappa shape index (κ2) is 7.25. The Kier molecular flexibility index (Phi) is 5.36. The Balaban J connectivity index is 1.96. The van der Waals surface area contributed by atoms with Crippen LogP contribution < -0.4 is 0 Å². The van der Waals surface area contributed by atoms with Gasteiger partial charge in [-0.3, -0.25) is 9.59 Å². The van der Waals surface area contributed by atoms with Crippen LogP contribution in [0.5, 0.6) is 0 Å². The van der Waals surface area contributed by atoms with Crippen LogP contribution in [0.15, 0.2) is 43.0 Å². The Bertz CT molecular complexity index is 535. The number of aliphatic carboxylic acids is 1. The lowest BCUT2D eigenvalue weighted by molar-refractivity contribution is -0.159. The molecule has 0 saturated heterocycles. The van der Waals surface area contributed by atoms with E-state index in [4.69, 9.17) is 0 Å². The van der Waals surface area contributed by atoms with Crippen LogP contribution in [-0.4, -0.2) is 35.0 Å². The van der Waals surface area contributed by atoms with Crippen LogP contribution in [0.2, 0.25) is 0 Å². The first kappa shape index (κ1) is 16.3. The number of hydrogen-bond donors (Lipinski definition) is 1. The number of benzene rings is 1. The summed E-state index contributed by atoms with van der Waals surface area (Å²) in [6, 6.07) is 9.97. The van der Waals surface area contributed by atoms with Gasteiger partial charge in [0, 0.05) is 19.5 Å². The maximum atomic E-state index is 12.5. The Morgan fingerprint density at radius 2 is 1.95 bits per heavy atom. The van der Waals surface area contributed by atoms with Gasteiger partial charge in [0.15, 0.2) is 0 Å². The van der Waals surface area contributed by atoms with E-state index in [-0.39, 0.29) is 12.3 Å². The average Bonchev–Trinajstić information content (AvgIpc) is 2.47. The molecule has 0 aromatic heterocycles. The summed E-state index contributed by atoms with van der Waals surface area (Å²) in [5.74, 6) is -0.924. The normalized spacial score (nSPS) is 15.6. The molecule has 1 aromatic rings. The summed E-state index contributed by atoms with van der Waals surface area (Å²) >= 11 is 0. The number of carboxylic acid groups (broad SMARTS) is 1. The van der Waals surface area contributed by atoms with Crippen LogP contribution >= 0.6 is 0 Å². The summed E-state index contributed by atoms with van der Waals surface area (Å²) in [6.07, 6.45) is 4.66. The van der Waals surface area contributed by atoms with E-state index in [2.05, 4.69) is 6.58 Å². The lowest BCUT2D eigenvalue weighted by Crippen LogP contribution is -2.44. The summed E-state index contributed by atoms with van der Waals surface area (Å²) in [5.41, 5.74) is 0.337. The lowest BCUT2D eigenvalue weighted by atomic mass is 9.66. The number of rotatable bonds is 8. The minimum Gasteiger partial charge on any atom is -0.481 e. The Morgan fingerprint density at radius 3 is 2.45 bits per heavy atom. The Morgan fingerprint density at radius 1 is 1.27 bits per heavy atom. The van der Waals surface area contributed by atoms with E-state index in [1.807, 2.05) is 30.3 Å². The zero-order valence-corrected chi connectivity index (χ0v) is 12.8. The molecule has 22 heavy (non-hydrogen) atoms. The number of carbonyl (C=O) groups excluding carboxylic acids is 1. The fraction of sp³-hybridized carbons (Fsp3) is 0.444. The SMILES string of the molecule is C=CCN(CCc1ccccc1)C(=O)CC1(C(=O)O)CCC1. The van der Waals surface area contributed by atoms with Crippen LogP contribution in [-0.2, 0) is 16.0 Å². The molecule has 0 radical (unpaired) electrons. The first-order valence-electron chi connectivity index (χ1n) is 7.73. The fourth-order valence-corrected chi connectivity index (χ4v) is 2.85. The highest BCUT2D eigenvalue weighted by Gasteiger charge is 2.46. The van der Waals surface area contributed by atoms with Crippen molar-refractivity contribution in [1.29, 1.82) is 0 Å². The van der Waals surface area contributed by atoms with E-state index in [9.17, 15) is 14.7 Å². The monoisotopic (exact) mass is 301 g/mol. The molecule has 0 spiro atoms. The number of carbonyl (C=O) groups is 2. The predicted octanol–water partition coefficient (Wildman–Crippen LogP) is 2.89. The lowest BCUT2D eigenvalue weighted by Gasteiger charge is -2.38. The van der Waals surface area contributed by atoms with Gasteiger partial charge in [-0.2, -0.15) is 0 Å². The third-order valence-electron chi connectivity index (χ3n) is 4.47. The van der Waals surface area contributed by atoms with Gasteiger partial charge in [-0.25, -0.2) is 0 Å². The predicted molar refractivity (Wildman–Crippen MR) is 85.5 cm³/mol. The Hall–Kier alpha value is -2.10. The van der Waals surface area contributed by atoms with Crippen molar-refractivity contribution in [3.63, 3.8) is 0 Å². The molecule has 1 aliphatic carbocycles. The van der Waals surface area contributed by atoms with E-state index in [1.54, 1.807) is 11.0 Å². The van der Waals surface area contributed by atoms with Crippen molar-refractivity contribution >= 4 is 11.9 Å². The molecule has 0 unspecified atom stereocenters. The molecule has 4 nitrogen and oxygen atoms in total. The quantitative estimate of drug-likeness (QED) is 0.751. The third kappa shape index (κ3) is 3.75. The summed E-state index contributed by atoms with van der Waals surface area (Å²) < 4.78 is 0. The second-order valence-electron chi connectivity index (χ2n) is 5.98. The van der Waals surface area contributed by atoms with Gasteiger partial charge < -0.3 is 10.0 Å². The molecule has 1 fully saturated rings. The van der Waals surface area contributed by atoms with Crippen molar-refractivity contribution in [1.82, 2.24) is 4.90 Å². The summed E-state index contributed by atoms with van der Waals surface area (Å²) in [6.45, 7) is 4.74. The fourth-order valence-electron chi connectivity index (χ4n) is 2.85. The molecule has 0 bridgehead atoms. The standard InChI is InChI=1S/C18H23NO3/c1-2-12-19(13-9-15-7-4-3-5-8-15)16(20)14-18(17(21)22)10-6-11-18/h2-5,7-8H,1,6,9-14H2,(H,21,22). The Labute approximate surface area is 131 Å². The van der Waals surface area contributed by atoms with Crippen molar-refractivity contribution in [3.05, 3.63) is 48.6 Å². The van der Waals surface area contributed by atoms with Crippen molar-refractivity contribution in [2.24, 2.45) is 5.41 Å². The van der Waals surface area contributed by atoms with Crippen LogP contribution in [0.3, 0.4) is 0 Å². The van der Waals surface area contributed by atoms with Crippen LogP contribution in [0.1, 0.15) is 31.2 Å². The first-order chi connectivity index (χ1) is 10.6. The van der Waals surface area contributed by atoms with Crippen LogP contribution in [0, 0.1) is 5.41 Å². The zero-order valence-electron chi connectivity index (χ0n) is 12.8. The summed E-state index contributed by atoms with van der Waals surface area (Å²) in [4.78, 5) is 25.6. The molecule has 2 rings (SSSR count). The van der Waals surface area contributed by atoms with Gasteiger partial charge in [-0.05, 0) is 24.8 Å². The van der Waals surface area contributed by atoms with Crippen LogP contribution in [0.25, 0.3) is 0 Å². The second-order valence-corrected chi connectivity index (χ2v) is 5.98. The largest absolute Gasteiger partial charge is 0.481 e. The minimum absolute atomic E-state index is 0.0852. The first-order valence-corrected chi connectivity index (χ1v) is 7.73. The third-order valence-corrected chi connectivity index (χ3v) is 4.47. The van der Waals surface area contributed by atoms with Gasteiger partial charge in [-0.15, -0.1) is 6.58 Å². The van der Waals surface area contributed by atoms with Gasteiger partial charge in [0.2, 0.25) is 5.91 Å². The zero-order chi connectivity index (χ0) is 16.0. The van der Waals surface area contributed by atoms with E-state index >= 15 is 0 Å². The molecule has 1 saturated carbocycles. The molecule has 1 amide bonds. The van der Waals surface area contributed by atoms with Crippen molar-refractivity contribution in [2.45, 2.75) is 32.1 Å². The molecule has 4 heteroatoms.